The molecule has 1 aromatic carbocycles. The normalized spacial score (nSPS) is 12.9. The van der Waals surface area contributed by atoms with E-state index in [-0.39, 0.29) is 6.04 Å². The largest absolute Gasteiger partial charge is 0.329 e. The molecule has 5 heteroatoms. The summed E-state index contributed by atoms with van der Waals surface area (Å²) in [6.45, 7) is 1.42. The minimum absolute atomic E-state index is 0.216. The Bertz CT molecular complexity index is 544. The molecule has 0 bridgehead atoms. The van der Waals surface area contributed by atoms with E-state index in [9.17, 15) is 0 Å². The maximum Gasteiger partial charge on any atom is 0.0576 e. The van der Waals surface area contributed by atoms with E-state index >= 15 is 0 Å². The van der Waals surface area contributed by atoms with Crippen LogP contribution in [-0.4, -0.2) is 18.5 Å². The fourth-order valence-electron chi connectivity index (χ4n) is 2.06. The van der Waals surface area contributed by atoms with Gasteiger partial charge >= 0.3 is 0 Å². The van der Waals surface area contributed by atoms with Crippen molar-refractivity contribution in [3.05, 3.63) is 55.6 Å². The van der Waals surface area contributed by atoms with Gasteiger partial charge in [-0.2, -0.15) is 0 Å². The monoisotopic (exact) mass is 358 g/mol. The smallest absolute Gasteiger partial charge is 0.0576 e. The van der Waals surface area contributed by atoms with Crippen molar-refractivity contribution in [1.82, 2.24) is 4.90 Å². The first kappa shape index (κ1) is 15.0. The molecule has 102 valence electrons. The molecule has 0 saturated heterocycles. The van der Waals surface area contributed by atoms with Gasteiger partial charge in [-0.05, 0) is 52.1 Å². The highest BCUT2D eigenvalue weighted by atomic mass is 79.9. The van der Waals surface area contributed by atoms with Crippen LogP contribution in [-0.2, 0) is 6.54 Å². The van der Waals surface area contributed by atoms with Gasteiger partial charge in [0, 0.05) is 27.5 Å². The van der Waals surface area contributed by atoms with Crippen LogP contribution in [0.4, 0.5) is 0 Å². The first-order chi connectivity index (χ1) is 9.11. The van der Waals surface area contributed by atoms with Crippen molar-refractivity contribution in [3.8, 4) is 0 Å². The maximum absolute atomic E-state index is 6.02. The van der Waals surface area contributed by atoms with Gasteiger partial charge in [-0.3, -0.25) is 4.90 Å². The molecule has 1 unspecified atom stereocenters. The van der Waals surface area contributed by atoms with Crippen LogP contribution in [0.1, 0.15) is 16.5 Å². The van der Waals surface area contributed by atoms with Crippen LogP contribution >= 0.6 is 38.9 Å². The molecule has 2 aromatic rings. The molecule has 1 atom stereocenters. The van der Waals surface area contributed by atoms with Crippen LogP contribution < -0.4 is 5.73 Å². The van der Waals surface area contributed by atoms with Gasteiger partial charge in [0.1, 0.15) is 0 Å². The number of rotatable bonds is 5. The van der Waals surface area contributed by atoms with E-state index in [0.717, 1.165) is 16.0 Å². The van der Waals surface area contributed by atoms with E-state index in [4.69, 9.17) is 17.3 Å². The van der Waals surface area contributed by atoms with Gasteiger partial charge in [-0.1, -0.05) is 23.7 Å². The molecule has 0 aliphatic rings. The summed E-state index contributed by atoms with van der Waals surface area (Å²) < 4.78 is 1.13. The predicted molar refractivity (Wildman–Crippen MR) is 86.7 cm³/mol. The van der Waals surface area contributed by atoms with Gasteiger partial charge in [0.25, 0.3) is 0 Å². The number of halogens is 2. The van der Waals surface area contributed by atoms with Gasteiger partial charge in [-0.25, -0.2) is 0 Å². The Morgan fingerprint density at radius 3 is 2.79 bits per heavy atom. The first-order valence-electron chi connectivity index (χ1n) is 5.99. The lowest BCUT2D eigenvalue weighted by atomic mass is 10.1. The third kappa shape index (κ3) is 3.80. The van der Waals surface area contributed by atoms with Crippen molar-refractivity contribution in [2.24, 2.45) is 5.73 Å². The quantitative estimate of drug-likeness (QED) is 0.862. The minimum atomic E-state index is 0.216. The fraction of sp³-hybridized carbons (Fsp3) is 0.286. The van der Waals surface area contributed by atoms with Crippen LogP contribution in [0.25, 0.3) is 0 Å². The number of hydrogen-bond donors (Lipinski definition) is 1. The number of thiophene rings is 1. The van der Waals surface area contributed by atoms with Crippen molar-refractivity contribution < 1.29 is 0 Å². The summed E-state index contributed by atoms with van der Waals surface area (Å²) in [4.78, 5) is 3.52. The molecular weight excluding hydrogens is 344 g/mol. The molecule has 0 amide bonds. The van der Waals surface area contributed by atoms with Crippen LogP contribution in [0, 0.1) is 0 Å². The lowest BCUT2D eigenvalue weighted by Crippen LogP contribution is -2.29. The van der Waals surface area contributed by atoms with Gasteiger partial charge in [0.05, 0.1) is 6.04 Å². The summed E-state index contributed by atoms with van der Waals surface area (Å²) in [7, 11) is 2.09. The Labute approximate surface area is 131 Å². The molecule has 2 N–H and O–H groups in total. The average Bonchev–Trinajstić information content (AvgIpc) is 2.77. The molecule has 0 aliphatic carbocycles. The number of nitrogens with two attached hydrogens (primary N) is 1. The Morgan fingerprint density at radius 2 is 2.21 bits per heavy atom. The minimum Gasteiger partial charge on any atom is -0.329 e. The Hall–Kier alpha value is -0.390. The summed E-state index contributed by atoms with van der Waals surface area (Å²) in [5.74, 6) is 0. The molecular formula is C14H16BrClN2S. The van der Waals surface area contributed by atoms with E-state index in [0.29, 0.717) is 6.54 Å². The lowest BCUT2D eigenvalue weighted by molar-refractivity contribution is 0.244. The summed E-state index contributed by atoms with van der Waals surface area (Å²) in [6, 6.07) is 10.2. The standard InChI is InChI=1S/C14H16BrClN2S/c1-18(9-10-3-2-4-11(16)7-10)13(8-17)14-12(15)5-6-19-14/h2-7,13H,8-9,17H2,1H3. The maximum atomic E-state index is 6.02. The molecule has 19 heavy (non-hydrogen) atoms. The molecule has 0 saturated carbocycles. The van der Waals surface area contributed by atoms with E-state index in [1.54, 1.807) is 11.3 Å². The van der Waals surface area contributed by atoms with Crippen molar-refractivity contribution in [2.75, 3.05) is 13.6 Å². The second-order valence-corrected chi connectivity index (χ2v) is 6.67. The Kier molecular flexibility index (Phi) is 5.42. The molecule has 0 fully saturated rings. The van der Waals surface area contributed by atoms with E-state index < -0.39 is 0 Å². The molecule has 1 heterocycles. The van der Waals surface area contributed by atoms with Crippen molar-refractivity contribution >= 4 is 38.9 Å². The molecule has 0 aliphatic heterocycles. The highest BCUT2D eigenvalue weighted by Gasteiger charge is 2.19. The predicted octanol–water partition coefficient (Wildman–Crippen LogP) is 4.30. The second kappa shape index (κ2) is 6.86. The average molecular weight is 360 g/mol. The van der Waals surface area contributed by atoms with Crippen LogP contribution in [0.2, 0.25) is 5.02 Å². The summed E-state index contributed by atoms with van der Waals surface area (Å²) >= 11 is 11.3. The summed E-state index contributed by atoms with van der Waals surface area (Å²) in [5.41, 5.74) is 7.13. The van der Waals surface area contributed by atoms with Gasteiger partial charge in [0.2, 0.25) is 0 Å². The fourth-order valence-corrected chi connectivity index (χ4v) is 4.09. The highest BCUT2D eigenvalue weighted by Crippen LogP contribution is 2.32. The molecule has 1 aromatic heterocycles. The van der Waals surface area contributed by atoms with Crippen LogP contribution in [0.5, 0.6) is 0 Å². The summed E-state index contributed by atoms with van der Waals surface area (Å²) in [5, 5.41) is 2.85. The van der Waals surface area contributed by atoms with E-state index in [2.05, 4.69) is 45.4 Å². The number of likely N-dealkylation sites (N-methyl/N-ethyl adjacent to an activating group) is 1. The van der Waals surface area contributed by atoms with Crippen LogP contribution in [0.15, 0.2) is 40.2 Å². The van der Waals surface area contributed by atoms with Gasteiger partial charge < -0.3 is 5.73 Å². The topological polar surface area (TPSA) is 29.3 Å². The van der Waals surface area contributed by atoms with Gasteiger partial charge in [0.15, 0.2) is 0 Å². The highest BCUT2D eigenvalue weighted by molar-refractivity contribution is 9.10. The van der Waals surface area contributed by atoms with Crippen molar-refractivity contribution in [2.45, 2.75) is 12.6 Å². The zero-order valence-corrected chi connectivity index (χ0v) is 13.8. The Balaban J connectivity index is 2.14. The third-order valence-corrected chi connectivity index (χ3v) is 5.23. The zero-order chi connectivity index (χ0) is 13.8. The molecule has 0 radical (unpaired) electrons. The number of hydrogen-bond acceptors (Lipinski definition) is 3. The zero-order valence-electron chi connectivity index (χ0n) is 10.6. The molecule has 2 nitrogen and oxygen atoms in total. The molecule has 0 spiro atoms. The molecule has 2 rings (SSSR count). The van der Waals surface area contributed by atoms with Gasteiger partial charge in [-0.15, -0.1) is 11.3 Å². The van der Waals surface area contributed by atoms with Crippen molar-refractivity contribution in [3.63, 3.8) is 0 Å². The third-order valence-electron chi connectivity index (χ3n) is 3.02. The summed E-state index contributed by atoms with van der Waals surface area (Å²) in [6.07, 6.45) is 0. The SMILES string of the molecule is CN(Cc1cccc(Cl)c1)C(CN)c1sccc1Br. The van der Waals surface area contributed by atoms with Crippen LogP contribution in [0.3, 0.4) is 0 Å². The van der Waals surface area contributed by atoms with E-state index in [1.807, 2.05) is 18.2 Å². The lowest BCUT2D eigenvalue weighted by Gasteiger charge is -2.26. The van der Waals surface area contributed by atoms with E-state index in [1.165, 1.54) is 10.4 Å². The first-order valence-corrected chi connectivity index (χ1v) is 8.04. The number of nitrogens with zero attached hydrogens (tertiary/aromatic N) is 1. The Morgan fingerprint density at radius 1 is 1.42 bits per heavy atom. The second-order valence-electron chi connectivity index (χ2n) is 4.43. The van der Waals surface area contributed by atoms with Crippen molar-refractivity contribution in [1.29, 1.82) is 0 Å². The number of benzene rings is 1.